The van der Waals surface area contributed by atoms with E-state index in [1.165, 1.54) is 11.3 Å². The minimum Gasteiger partial charge on any atom is -0.335 e. The highest BCUT2D eigenvalue weighted by Crippen LogP contribution is 2.12. The van der Waals surface area contributed by atoms with Gasteiger partial charge in [0.25, 0.3) is 5.91 Å². The number of piperazine rings is 1. The highest BCUT2D eigenvalue weighted by Gasteiger charge is 2.24. The molecule has 1 aliphatic heterocycles. The average Bonchev–Trinajstić information content (AvgIpc) is 3.10. The molecule has 1 aliphatic rings. The number of rotatable bonds is 4. The molecule has 1 fully saturated rings. The van der Waals surface area contributed by atoms with Gasteiger partial charge < -0.3 is 4.90 Å². The van der Waals surface area contributed by atoms with E-state index in [-0.39, 0.29) is 11.7 Å². The summed E-state index contributed by atoms with van der Waals surface area (Å²) in [6, 6.07) is 9.09. The van der Waals surface area contributed by atoms with E-state index in [9.17, 15) is 9.59 Å². The first-order valence-electron chi connectivity index (χ1n) is 7.23. The number of ketones is 1. The van der Waals surface area contributed by atoms with E-state index in [1.54, 1.807) is 23.2 Å². The van der Waals surface area contributed by atoms with Crippen LogP contribution in [0.5, 0.6) is 0 Å². The van der Waals surface area contributed by atoms with Crippen molar-refractivity contribution in [2.45, 2.75) is 0 Å². The van der Waals surface area contributed by atoms with E-state index < -0.39 is 0 Å². The van der Waals surface area contributed by atoms with Crippen LogP contribution >= 0.6 is 11.3 Å². The standard InChI is InChI=1S/C16H17N3O2S/c20-14(15-5-3-11-22-15)12-18-7-9-19(10-8-18)16(21)13-4-1-2-6-17-13/h1-6,11H,7-10,12H2. The maximum Gasteiger partial charge on any atom is 0.272 e. The maximum atomic E-state index is 12.3. The summed E-state index contributed by atoms with van der Waals surface area (Å²) in [5, 5.41) is 1.91. The monoisotopic (exact) mass is 315 g/mol. The molecule has 0 aromatic carbocycles. The summed E-state index contributed by atoms with van der Waals surface area (Å²) in [4.78, 5) is 33.2. The van der Waals surface area contributed by atoms with Crippen molar-refractivity contribution in [2.24, 2.45) is 0 Å². The molecule has 1 saturated heterocycles. The van der Waals surface area contributed by atoms with Crippen LogP contribution in [-0.4, -0.2) is 59.2 Å². The predicted molar refractivity (Wildman–Crippen MR) is 85.2 cm³/mol. The number of Topliss-reactive ketones (excluding diaryl/α,β-unsaturated/α-hetero) is 1. The third-order valence-corrected chi connectivity index (χ3v) is 4.62. The van der Waals surface area contributed by atoms with E-state index in [0.717, 1.165) is 18.0 Å². The van der Waals surface area contributed by atoms with Gasteiger partial charge in [-0.25, -0.2) is 0 Å². The Morgan fingerprint density at radius 3 is 2.55 bits per heavy atom. The van der Waals surface area contributed by atoms with Crippen molar-refractivity contribution in [3.05, 3.63) is 52.5 Å². The normalized spacial score (nSPS) is 15.7. The van der Waals surface area contributed by atoms with Crippen molar-refractivity contribution < 1.29 is 9.59 Å². The van der Waals surface area contributed by atoms with Crippen molar-refractivity contribution in [1.29, 1.82) is 0 Å². The van der Waals surface area contributed by atoms with Gasteiger partial charge >= 0.3 is 0 Å². The molecular formula is C16H17N3O2S. The summed E-state index contributed by atoms with van der Waals surface area (Å²) in [7, 11) is 0. The number of carbonyl (C=O) groups excluding carboxylic acids is 2. The number of amides is 1. The second kappa shape index (κ2) is 6.81. The summed E-state index contributed by atoms with van der Waals surface area (Å²) in [6.45, 7) is 3.12. The molecule has 0 bridgehead atoms. The predicted octanol–water partition coefficient (Wildman–Crippen LogP) is 1.78. The molecule has 0 aliphatic carbocycles. The lowest BCUT2D eigenvalue weighted by Crippen LogP contribution is -2.50. The van der Waals surface area contributed by atoms with Gasteiger partial charge in [0.1, 0.15) is 5.69 Å². The lowest BCUT2D eigenvalue weighted by Gasteiger charge is -2.34. The lowest BCUT2D eigenvalue weighted by atomic mass is 10.2. The van der Waals surface area contributed by atoms with Crippen LogP contribution < -0.4 is 0 Å². The van der Waals surface area contributed by atoms with E-state index in [2.05, 4.69) is 9.88 Å². The Morgan fingerprint density at radius 2 is 1.91 bits per heavy atom. The maximum absolute atomic E-state index is 12.3. The van der Waals surface area contributed by atoms with Crippen LogP contribution in [0.1, 0.15) is 20.2 Å². The first kappa shape index (κ1) is 14.9. The van der Waals surface area contributed by atoms with Gasteiger partial charge in [-0.05, 0) is 23.6 Å². The van der Waals surface area contributed by atoms with Crippen LogP contribution in [0, 0.1) is 0 Å². The summed E-state index contributed by atoms with van der Waals surface area (Å²) in [5.74, 6) is 0.115. The molecule has 5 nitrogen and oxygen atoms in total. The smallest absolute Gasteiger partial charge is 0.272 e. The molecule has 114 valence electrons. The van der Waals surface area contributed by atoms with Crippen molar-refractivity contribution in [3.8, 4) is 0 Å². The van der Waals surface area contributed by atoms with Gasteiger partial charge in [-0.1, -0.05) is 12.1 Å². The molecule has 6 heteroatoms. The van der Waals surface area contributed by atoms with E-state index in [4.69, 9.17) is 0 Å². The van der Waals surface area contributed by atoms with Gasteiger partial charge in [-0.3, -0.25) is 19.5 Å². The largest absolute Gasteiger partial charge is 0.335 e. The fraction of sp³-hybridized carbons (Fsp3) is 0.312. The third kappa shape index (κ3) is 3.40. The number of aromatic nitrogens is 1. The zero-order valence-corrected chi connectivity index (χ0v) is 13.0. The Balaban J connectivity index is 1.52. The van der Waals surface area contributed by atoms with Crippen molar-refractivity contribution in [2.75, 3.05) is 32.7 Å². The van der Waals surface area contributed by atoms with E-state index >= 15 is 0 Å². The summed E-state index contributed by atoms with van der Waals surface area (Å²) < 4.78 is 0. The van der Waals surface area contributed by atoms with Gasteiger partial charge in [0.2, 0.25) is 0 Å². The zero-order valence-electron chi connectivity index (χ0n) is 12.1. The fourth-order valence-corrected chi connectivity index (χ4v) is 3.14. The number of pyridine rings is 1. The molecule has 0 unspecified atom stereocenters. The highest BCUT2D eigenvalue weighted by molar-refractivity contribution is 7.12. The summed E-state index contributed by atoms with van der Waals surface area (Å²) >= 11 is 1.47. The lowest BCUT2D eigenvalue weighted by molar-refractivity contribution is 0.0619. The molecule has 2 aromatic rings. The molecule has 3 rings (SSSR count). The number of nitrogens with zero attached hydrogens (tertiary/aromatic N) is 3. The zero-order chi connectivity index (χ0) is 15.4. The first-order chi connectivity index (χ1) is 10.7. The minimum absolute atomic E-state index is 0.0372. The Kier molecular flexibility index (Phi) is 4.60. The first-order valence-corrected chi connectivity index (χ1v) is 8.11. The molecule has 0 atom stereocenters. The number of thiophene rings is 1. The van der Waals surface area contributed by atoms with Crippen molar-refractivity contribution in [1.82, 2.24) is 14.8 Å². The molecular weight excluding hydrogens is 298 g/mol. The van der Waals surface area contributed by atoms with E-state index in [0.29, 0.717) is 25.3 Å². The van der Waals surface area contributed by atoms with Crippen LogP contribution in [-0.2, 0) is 0 Å². The van der Waals surface area contributed by atoms with Crippen LogP contribution in [0.4, 0.5) is 0 Å². The van der Waals surface area contributed by atoms with Crippen LogP contribution in [0.15, 0.2) is 41.9 Å². The van der Waals surface area contributed by atoms with Gasteiger partial charge in [-0.15, -0.1) is 11.3 Å². The molecule has 0 spiro atoms. The van der Waals surface area contributed by atoms with Gasteiger partial charge in [0, 0.05) is 32.4 Å². The molecule has 3 heterocycles. The molecule has 2 aromatic heterocycles. The van der Waals surface area contributed by atoms with Crippen LogP contribution in [0.2, 0.25) is 0 Å². The Hall–Kier alpha value is -2.05. The van der Waals surface area contributed by atoms with Crippen LogP contribution in [0.25, 0.3) is 0 Å². The topological polar surface area (TPSA) is 53.5 Å². The molecule has 0 radical (unpaired) electrons. The molecule has 0 N–H and O–H groups in total. The second-order valence-electron chi connectivity index (χ2n) is 5.18. The SMILES string of the molecule is O=C(CN1CCN(C(=O)c2ccccn2)CC1)c1cccs1. The number of hydrogen-bond donors (Lipinski definition) is 0. The quantitative estimate of drug-likeness (QED) is 0.807. The molecule has 22 heavy (non-hydrogen) atoms. The van der Waals surface area contributed by atoms with Crippen molar-refractivity contribution >= 4 is 23.0 Å². The average molecular weight is 315 g/mol. The number of carbonyl (C=O) groups is 2. The summed E-state index contributed by atoms with van der Waals surface area (Å²) in [5.41, 5.74) is 0.477. The third-order valence-electron chi connectivity index (χ3n) is 3.71. The van der Waals surface area contributed by atoms with E-state index in [1.807, 2.05) is 23.6 Å². The van der Waals surface area contributed by atoms with Gasteiger partial charge in [0.05, 0.1) is 11.4 Å². The van der Waals surface area contributed by atoms with Crippen molar-refractivity contribution in [3.63, 3.8) is 0 Å². The number of hydrogen-bond acceptors (Lipinski definition) is 5. The Bertz CT molecular complexity index is 635. The van der Waals surface area contributed by atoms with Gasteiger partial charge in [0.15, 0.2) is 5.78 Å². The highest BCUT2D eigenvalue weighted by atomic mass is 32.1. The summed E-state index contributed by atoms with van der Waals surface area (Å²) in [6.07, 6.45) is 1.63. The molecule has 0 saturated carbocycles. The Labute approximate surface area is 133 Å². The molecule has 1 amide bonds. The second-order valence-corrected chi connectivity index (χ2v) is 6.13. The minimum atomic E-state index is -0.0372. The van der Waals surface area contributed by atoms with Crippen LogP contribution in [0.3, 0.4) is 0 Å². The fourth-order valence-electron chi connectivity index (χ4n) is 2.48. The van der Waals surface area contributed by atoms with Gasteiger partial charge in [-0.2, -0.15) is 0 Å². The Morgan fingerprint density at radius 1 is 1.09 bits per heavy atom.